The number of carbonyl (C=O) groups is 2. The van der Waals surface area contributed by atoms with E-state index in [9.17, 15) is 9.59 Å². The van der Waals surface area contributed by atoms with E-state index in [-0.39, 0.29) is 11.8 Å². The molecule has 7 heteroatoms. The zero-order valence-corrected chi connectivity index (χ0v) is 16.1. The van der Waals surface area contributed by atoms with Gasteiger partial charge in [0.25, 0.3) is 11.8 Å². The molecule has 4 rings (SSSR count). The Labute approximate surface area is 167 Å². The van der Waals surface area contributed by atoms with Crippen LogP contribution in [0.4, 0.5) is 5.69 Å². The highest BCUT2D eigenvalue weighted by Gasteiger charge is 2.27. The van der Waals surface area contributed by atoms with Gasteiger partial charge < -0.3 is 10.2 Å². The van der Waals surface area contributed by atoms with E-state index in [0.717, 1.165) is 16.1 Å². The summed E-state index contributed by atoms with van der Waals surface area (Å²) in [6.07, 6.45) is 5.06. The van der Waals surface area contributed by atoms with Gasteiger partial charge in [-0.25, -0.2) is 4.98 Å². The number of rotatable bonds is 4. The fourth-order valence-electron chi connectivity index (χ4n) is 3.05. The second-order valence-corrected chi connectivity index (χ2v) is 7.26. The van der Waals surface area contributed by atoms with E-state index in [1.165, 1.54) is 11.8 Å². The van der Waals surface area contributed by atoms with Gasteiger partial charge in [0.2, 0.25) is 0 Å². The van der Waals surface area contributed by atoms with Gasteiger partial charge in [-0.2, -0.15) is 0 Å². The molecule has 28 heavy (non-hydrogen) atoms. The highest BCUT2D eigenvalue weighted by Crippen LogP contribution is 2.40. The van der Waals surface area contributed by atoms with Crippen molar-refractivity contribution in [3.63, 3.8) is 0 Å². The number of hydrogen-bond acceptors (Lipinski definition) is 5. The van der Waals surface area contributed by atoms with Gasteiger partial charge in [-0.1, -0.05) is 11.8 Å². The maximum Gasteiger partial charge on any atom is 0.261 e. The smallest absolute Gasteiger partial charge is 0.261 e. The van der Waals surface area contributed by atoms with E-state index < -0.39 is 0 Å². The maximum absolute atomic E-state index is 12.9. The third-order valence-corrected chi connectivity index (χ3v) is 5.55. The molecular formula is C21H18N4O2S. The van der Waals surface area contributed by atoms with Crippen molar-refractivity contribution in [3.05, 3.63) is 77.7 Å². The van der Waals surface area contributed by atoms with Crippen LogP contribution in [0.25, 0.3) is 0 Å². The summed E-state index contributed by atoms with van der Waals surface area (Å²) in [5, 5.41) is 3.57. The fourth-order valence-corrected chi connectivity index (χ4v) is 4.11. The molecule has 1 aliphatic rings. The molecule has 0 radical (unpaired) electrons. The second kappa shape index (κ2) is 7.82. The van der Waals surface area contributed by atoms with Crippen LogP contribution in [0.2, 0.25) is 0 Å². The maximum atomic E-state index is 12.9. The number of carbonyl (C=O) groups excluding carboxylic acids is 2. The molecule has 0 aliphatic carbocycles. The molecule has 6 nitrogen and oxygen atoms in total. The van der Waals surface area contributed by atoms with E-state index in [1.807, 2.05) is 31.2 Å². The average Bonchev–Trinajstić information content (AvgIpc) is 2.86. The Morgan fingerprint density at radius 3 is 2.75 bits per heavy atom. The highest BCUT2D eigenvalue weighted by molar-refractivity contribution is 7.99. The van der Waals surface area contributed by atoms with Gasteiger partial charge in [0.05, 0.1) is 11.3 Å². The molecule has 0 bridgehead atoms. The largest absolute Gasteiger partial charge is 0.348 e. The van der Waals surface area contributed by atoms with Crippen molar-refractivity contribution >= 4 is 29.3 Å². The number of benzene rings is 1. The first kappa shape index (κ1) is 18.2. The van der Waals surface area contributed by atoms with Gasteiger partial charge in [0, 0.05) is 42.1 Å². The number of fused-ring (bicyclic) bond motifs is 2. The predicted octanol–water partition coefficient (Wildman–Crippen LogP) is 3.54. The van der Waals surface area contributed by atoms with E-state index in [0.29, 0.717) is 29.2 Å². The number of amides is 2. The minimum absolute atomic E-state index is 0.0771. The zero-order chi connectivity index (χ0) is 19.5. The van der Waals surface area contributed by atoms with Crippen LogP contribution < -0.4 is 10.2 Å². The lowest BCUT2D eigenvalue weighted by Crippen LogP contribution is -2.30. The Morgan fingerprint density at radius 1 is 1.14 bits per heavy atom. The second-order valence-electron chi connectivity index (χ2n) is 6.23. The lowest BCUT2D eigenvalue weighted by molar-refractivity contribution is 0.0949. The molecule has 3 heterocycles. The molecule has 2 aromatic heterocycles. The van der Waals surface area contributed by atoms with Crippen LogP contribution in [0, 0.1) is 0 Å². The third kappa shape index (κ3) is 3.48. The van der Waals surface area contributed by atoms with Gasteiger partial charge in [0.15, 0.2) is 0 Å². The summed E-state index contributed by atoms with van der Waals surface area (Å²) >= 11 is 1.41. The molecule has 2 amide bonds. The number of aromatic nitrogens is 2. The minimum atomic E-state index is -0.167. The number of hydrogen-bond donors (Lipinski definition) is 1. The van der Waals surface area contributed by atoms with E-state index in [1.54, 1.807) is 41.7 Å². The Balaban J connectivity index is 1.63. The van der Waals surface area contributed by atoms with Crippen LogP contribution in [0.3, 0.4) is 0 Å². The van der Waals surface area contributed by atoms with Crippen LogP contribution in [0.15, 0.2) is 71.0 Å². The third-order valence-electron chi connectivity index (χ3n) is 4.48. The van der Waals surface area contributed by atoms with Gasteiger partial charge >= 0.3 is 0 Å². The SMILES string of the molecule is CCN1C(=O)c2cccnc2Sc2cc(C(=O)NCc3ccncc3)ccc21. The normalized spacial score (nSPS) is 12.8. The molecule has 0 spiro atoms. The minimum Gasteiger partial charge on any atom is -0.348 e. The molecule has 1 aliphatic heterocycles. The molecule has 3 aromatic rings. The number of nitrogens with zero attached hydrogens (tertiary/aromatic N) is 3. The van der Waals surface area contributed by atoms with Crippen LogP contribution in [0.5, 0.6) is 0 Å². The van der Waals surface area contributed by atoms with E-state index >= 15 is 0 Å². The summed E-state index contributed by atoms with van der Waals surface area (Å²) in [6.45, 7) is 2.90. The van der Waals surface area contributed by atoms with Crippen LogP contribution >= 0.6 is 11.8 Å². The summed E-state index contributed by atoms with van der Waals surface area (Å²) < 4.78 is 0. The Hall–Kier alpha value is -3.19. The molecule has 0 fully saturated rings. The summed E-state index contributed by atoms with van der Waals surface area (Å²) in [5.41, 5.74) is 2.90. The predicted molar refractivity (Wildman–Crippen MR) is 108 cm³/mol. The van der Waals surface area contributed by atoms with Crippen molar-refractivity contribution in [3.8, 4) is 0 Å². The quantitative estimate of drug-likeness (QED) is 0.738. The van der Waals surface area contributed by atoms with Crippen LogP contribution in [0.1, 0.15) is 33.2 Å². The summed E-state index contributed by atoms with van der Waals surface area (Å²) in [5.74, 6) is -0.244. The highest BCUT2D eigenvalue weighted by atomic mass is 32.2. The Morgan fingerprint density at radius 2 is 1.96 bits per heavy atom. The summed E-state index contributed by atoms with van der Waals surface area (Å²) in [7, 11) is 0. The number of anilines is 1. The van der Waals surface area contributed by atoms with E-state index in [2.05, 4.69) is 15.3 Å². The average molecular weight is 390 g/mol. The van der Waals surface area contributed by atoms with Gasteiger partial charge in [0.1, 0.15) is 5.03 Å². The summed E-state index contributed by atoms with van der Waals surface area (Å²) in [4.78, 5) is 36.4. The van der Waals surface area contributed by atoms with Crippen molar-refractivity contribution in [2.45, 2.75) is 23.4 Å². The van der Waals surface area contributed by atoms with Crippen molar-refractivity contribution < 1.29 is 9.59 Å². The molecule has 0 saturated carbocycles. The van der Waals surface area contributed by atoms with E-state index in [4.69, 9.17) is 0 Å². The van der Waals surface area contributed by atoms with Gasteiger partial charge in [-0.3, -0.25) is 14.6 Å². The lowest BCUT2D eigenvalue weighted by atomic mass is 10.1. The topological polar surface area (TPSA) is 75.2 Å². The first-order chi connectivity index (χ1) is 13.7. The molecule has 0 unspecified atom stereocenters. The van der Waals surface area contributed by atoms with Crippen molar-refractivity contribution in [2.75, 3.05) is 11.4 Å². The van der Waals surface area contributed by atoms with Crippen molar-refractivity contribution in [1.82, 2.24) is 15.3 Å². The molecule has 0 atom stereocenters. The van der Waals surface area contributed by atoms with Gasteiger partial charge in [-0.05, 0) is 55.0 Å². The summed E-state index contributed by atoms with van der Waals surface area (Å²) in [6, 6.07) is 12.7. The first-order valence-corrected chi connectivity index (χ1v) is 9.75. The monoisotopic (exact) mass is 390 g/mol. The standard InChI is InChI=1S/C21H18N4O2S/c1-2-25-17-6-5-15(19(26)24-13-14-7-10-22-11-8-14)12-18(17)28-20-16(21(25)27)4-3-9-23-20/h3-12H,2,13H2,1H3,(H,24,26). The molecule has 1 aromatic carbocycles. The fraction of sp³-hybridized carbons (Fsp3) is 0.143. The molecule has 140 valence electrons. The molecular weight excluding hydrogens is 372 g/mol. The lowest BCUT2D eigenvalue weighted by Gasteiger charge is -2.21. The number of pyridine rings is 2. The molecule has 0 saturated heterocycles. The zero-order valence-electron chi connectivity index (χ0n) is 15.3. The van der Waals surface area contributed by atoms with Crippen LogP contribution in [-0.2, 0) is 6.54 Å². The first-order valence-electron chi connectivity index (χ1n) is 8.93. The van der Waals surface area contributed by atoms with Crippen molar-refractivity contribution in [2.24, 2.45) is 0 Å². The molecule has 1 N–H and O–H groups in total. The van der Waals surface area contributed by atoms with Crippen LogP contribution in [-0.4, -0.2) is 28.3 Å². The Kier molecular flexibility index (Phi) is 5.08. The van der Waals surface area contributed by atoms with Crippen molar-refractivity contribution in [1.29, 1.82) is 0 Å². The van der Waals surface area contributed by atoms with Gasteiger partial charge in [-0.15, -0.1) is 0 Å². The Bertz CT molecular complexity index is 1040. The number of nitrogens with one attached hydrogen (secondary N) is 1.